The molecule has 2 aromatic carbocycles. The minimum absolute atomic E-state index is 0.0970. The molecule has 0 spiro atoms. The Bertz CT molecular complexity index is 1130. The molecule has 1 heterocycles. The van der Waals surface area contributed by atoms with Crippen LogP contribution in [0.15, 0.2) is 65.6 Å². The smallest absolute Gasteiger partial charge is 0.307 e. The topological polar surface area (TPSA) is 113 Å². The van der Waals surface area contributed by atoms with Gasteiger partial charge in [-0.1, -0.05) is 12.2 Å². The predicted molar refractivity (Wildman–Crippen MR) is 128 cm³/mol. The molecule has 9 heteroatoms. The highest BCUT2D eigenvalue weighted by Gasteiger charge is 2.40. The SMILES string of the molecule is COc1ccc(N2C(=O)C[C@H](Sc3ccc(NC(=O)[C@H]4CC=CC[C@H]4C(=O)O)cc3)C2=O)cc1. The number of nitrogens with zero attached hydrogens (tertiary/aromatic N) is 1. The minimum Gasteiger partial charge on any atom is -0.497 e. The number of hydrogen-bond acceptors (Lipinski definition) is 6. The maximum atomic E-state index is 12.9. The minimum atomic E-state index is -0.976. The summed E-state index contributed by atoms with van der Waals surface area (Å²) in [4.78, 5) is 51.5. The Morgan fingerprint density at radius 1 is 1.00 bits per heavy atom. The molecule has 3 amide bonds. The largest absolute Gasteiger partial charge is 0.497 e. The lowest BCUT2D eigenvalue weighted by Crippen LogP contribution is -2.34. The molecule has 2 N–H and O–H groups in total. The van der Waals surface area contributed by atoms with E-state index in [-0.39, 0.29) is 24.1 Å². The molecule has 4 rings (SSSR count). The second-order valence-corrected chi connectivity index (χ2v) is 9.36. The van der Waals surface area contributed by atoms with Gasteiger partial charge in [-0.3, -0.25) is 19.2 Å². The summed E-state index contributed by atoms with van der Waals surface area (Å²) in [6, 6.07) is 13.7. The van der Waals surface area contributed by atoms with E-state index < -0.39 is 23.1 Å². The van der Waals surface area contributed by atoms with Gasteiger partial charge in [0.25, 0.3) is 0 Å². The standard InChI is InChI=1S/C25H24N2O6S/c1-33-17-10-8-16(9-11-17)27-22(28)14-21(24(27)30)34-18-12-6-15(7-13-18)26-23(29)19-4-2-3-5-20(19)25(31)32/h2-3,6-13,19-21H,4-5,14H2,1H3,(H,26,29)(H,31,32)/t19-,20+,21-/m0/s1. The number of ether oxygens (including phenoxy) is 1. The molecule has 2 aliphatic rings. The van der Waals surface area contributed by atoms with Crippen molar-refractivity contribution in [3.8, 4) is 5.75 Å². The highest BCUT2D eigenvalue weighted by Crippen LogP contribution is 2.35. The number of amides is 3. The number of carboxylic acid groups (broad SMARTS) is 1. The van der Waals surface area contributed by atoms with Crippen LogP contribution in [0.5, 0.6) is 5.75 Å². The highest BCUT2D eigenvalue weighted by atomic mass is 32.2. The number of methoxy groups -OCH3 is 1. The lowest BCUT2D eigenvalue weighted by molar-refractivity contribution is -0.146. The summed E-state index contributed by atoms with van der Waals surface area (Å²) in [5.74, 6) is -2.56. The Morgan fingerprint density at radius 3 is 2.26 bits per heavy atom. The third kappa shape index (κ3) is 4.99. The maximum absolute atomic E-state index is 12.9. The van der Waals surface area contributed by atoms with Gasteiger partial charge in [0.15, 0.2) is 0 Å². The van der Waals surface area contributed by atoms with Crippen LogP contribution in [-0.2, 0) is 19.2 Å². The van der Waals surface area contributed by atoms with Crippen LogP contribution in [-0.4, -0.2) is 41.2 Å². The number of nitrogens with one attached hydrogen (secondary N) is 1. The van der Waals surface area contributed by atoms with E-state index >= 15 is 0 Å². The summed E-state index contributed by atoms with van der Waals surface area (Å²) in [6.07, 6.45) is 4.45. The molecule has 1 saturated heterocycles. The molecule has 0 bridgehead atoms. The van der Waals surface area contributed by atoms with Crippen molar-refractivity contribution in [3.05, 3.63) is 60.7 Å². The molecule has 1 aliphatic carbocycles. The number of hydrogen-bond donors (Lipinski definition) is 2. The molecular formula is C25H24N2O6S. The van der Waals surface area contributed by atoms with E-state index in [2.05, 4.69) is 5.32 Å². The molecule has 2 aromatic rings. The zero-order valence-corrected chi connectivity index (χ0v) is 19.3. The molecule has 8 nitrogen and oxygen atoms in total. The van der Waals surface area contributed by atoms with E-state index in [9.17, 15) is 24.3 Å². The number of allylic oxidation sites excluding steroid dienone is 2. The Morgan fingerprint density at radius 2 is 1.65 bits per heavy atom. The summed E-state index contributed by atoms with van der Waals surface area (Å²) >= 11 is 1.29. The van der Waals surface area contributed by atoms with Crippen molar-refractivity contribution in [2.24, 2.45) is 11.8 Å². The van der Waals surface area contributed by atoms with Crippen molar-refractivity contribution >= 4 is 46.8 Å². The van der Waals surface area contributed by atoms with E-state index in [1.54, 1.807) is 61.7 Å². The van der Waals surface area contributed by atoms with Gasteiger partial charge in [0.2, 0.25) is 17.7 Å². The van der Waals surface area contributed by atoms with Crippen LogP contribution < -0.4 is 15.0 Å². The van der Waals surface area contributed by atoms with Crippen LogP contribution >= 0.6 is 11.8 Å². The van der Waals surface area contributed by atoms with Gasteiger partial charge in [0.1, 0.15) is 5.75 Å². The van der Waals surface area contributed by atoms with Crippen molar-refractivity contribution in [2.45, 2.75) is 29.4 Å². The molecule has 0 aromatic heterocycles. The highest BCUT2D eigenvalue weighted by molar-refractivity contribution is 8.00. The van der Waals surface area contributed by atoms with Crippen LogP contribution in [0.2, 0.25) is 0 Å². The average Bonchev–Trinajstić information content (AvgIpc) is 3.12. The zero-order valence-electron chi connectivity index (χ0n) is 18.5. The first kappa shape index (κ1) is 23.6. The molecule has 0 radical (unpaired) electrons. The third-order valence-electron chi connectivity index (χ3n) is 5.92. The van der Waals surface area contributed by atoms with Crippen LogP contribution in [0.4, 0.5) is 11.4 Å². The van der Waals surface area contributed by atoms with E-state index in [4.69, 9.17) is 4.74 Å². The lowest BCUT2D eigenvalue weighted by atomic mass is 9.82. The molecular weight excluding hydrogens is 456 g/mol. The van der Waals surface area contributed by atoms with Crippen LogP contribution in [0.1, 0.15) is 19.3 Å². The molecule has 34 heavy (non-hydrogen) atoms. The van der Waals surface area contributed by atoms with Gasteiger partial charge >= 0.3 is 5.97 Å². The van der Waals surface area contributed by atoms with Crippen molar-refractivity contribution in [2.75, 3.05) is 17.3 Å². The van der Waals surface area contributed by atoms with E-state index in [0.29, 0.717) is 30.0 Å². The van der Waals surface area contributed by atoms with Gasteiger partial charge < -0.3 is 15.2 Å². The Kier molecular flexibility index (Phi) is 7.02. The number of rotatable bonds is 7. The molecule has 3 atom stereocenters. The number of thioether (sulfide) groups is 1. The zero-order chi connectivity index (χ0) is 24.2. The van der Waals surface area contributed by atoms with Crippen LogP contribution in [0.25, 0.3) is 0 Å². The number of aliphatic carboxylic acids is 1. The second kappa shape index (κ2) is 10.1. The fourth-order valence-corrected chi connectivity index (χ4v) is 5.15. The van der Waals surface area contributed by atoms with Gasteiger partial charge in [-0.05, 0) is 61.4 Å². The van der Waals surface area contributed by atoms with E-state index in [0.717, 1.165) is 4.90 Å². The quantitative estimate of drug-likeness (QED) is 0.459. The predicted octanol–water partition coefficient (Wildman–Crippen LogP) is 3.72. The van der Waals surface area contributed by atoms with E-state index in [1.165, 1.54) is 16.7 Å². The summed E-state index contributed by atoms with van der Waals surface area (Å²) in [5.41, 5.74) is 1.05. The number of anilines is 2. The van der Waals surface area contributed by atoms with Gasteiger partial charge in [-0.2, -0.15) is 0 Å². The second-order valence-electron chi connectivity index (χ2n) is 8.08. The van der Waals surface area contributed by atoms with Gasteiger partial charge in [0, 0.05) is 17.0 Å². The first-order chi connectivity index (χ1) is 16.4. The summed E-state index contributed by atoms with van der Waals surface area (Å²) < 4.78 is 5.12. The number of carbonyl (C=O) groups is 4. The first-order valence-corrected chi connectivity index (χ1v) is 11.7. The maximum Gasteiger partial charge on any atom is 0.307 e. The van der Waals surface area contributed by atoms with Crippen LogP contribution in [0, 0.1) is 11.8 Å². The van der Waals surface area contributed by atoms with Crippen molar-refractivity contribution in [1.82, 2.24) is 0 Å². The number of carboxylic acids is 1. The number of carbonyl (C=O) groups excluding carboxylic acids is 3. The monoisotopic (exact) mass is 480 g/mol. The molecule has 0 saturated carbocycles. The average molecular weight is 481 g/mol. The van der Waals surface area contributed by atoms with Gasteiger partial charge in [-0.15, -0.1) is 11.8 Å². The lowest BCUT2D eigenvalue weighted by Gasteiger charge is -2.24. The van der Waals surface area contributed by atoms with Crippen molar-refractivity contribution in [1.29, 1.82) is 0 Å². The fourth-order valence-electron chi connectivity index (χ4n) is 4.09. The Balaban J connectivity index is 1.38. The van der Waals surface area contributed by atoms with Crippen molar-refractivity contribution < 1.29 is 29.0 Å². The van der Waals surface area contributed by atoms with E-state index in [1.807, 2.05) is 6.08 Å². The number of imide groups is 1. The van der Waals surface area contributed by atoms with Crippen molar-refractivity contribution in [3.63, 3.8) is 0 Å². The summed E-state index contributed by atoms with van der Waals surface area (Å²) in [5, 5.41) is 11.6. The Hall–Kier alpha value is -3.59. The first-order valence-electron chi connectivity index (χ1n) is 10.8. The van der Waals surface area contributed by atoms with Crippen LogP contribution in [0.3, 0.4) is 0 Å². The molecule has 1 fully saturated rings. The van der Waals surface area contributed by atoms with Gasteiger partial charge in [-0.25, -0.2) is 4.90 Å². The third-order valence-corrected chi connectivity index (χ3v) is 7.12. The molecule has 1 aliphatic heterocycles. The summed E-state index contributed by atoms with van der Waals surface area (Å²) in [7, 11) is 1.55. The summed E-state index contributed by atoms with van der Waals surface area (Å²) in [6.45, 7) is 0. The van der Waals surface area contributed by atoms with Gasteiger partial charge in [0.05, 0.1) is 29.9 Å². The number of benzene rings is 2. The molecule has 176 valence electrons. The Labute approximate surface area is 201 Å². The normalized spacial score (nSPS) is 22.0. The molecule has 0 unspecified atom stereocenters. The fraction of sp³-hybridized carbons (Fsp3) is 0.280.